The summed E-state index contributed by atoms with van der Waals surface area (Å²) >= 11 is 5.89. The summed E-state index contributed by atoms with van der Waals surface area (Å²) in [7, 11) is 2.15. The molecule has 1 aromatic rings. The van der Waals surface area contributed by atoms with E-state index in [1.165, 1.54) is 0 Å². The minimum Gasteiger partial charge on any atom is -0.351 e. The van der Waals surface area contributed by atoms with Gasteiger partial charge in [0.1, 0.15) is 11.0 Å². The first-order chi connectivity index (χ1) is 7.16. The van der Waals surface area contributed by atoms with E-state index in [0.29, 0.717) is 11.2 Å². The zero-order valence-electron chi connectivity index (χ0n) is 9.15. The normalized spacial score (nSPS) is 23.1. The van der Waals surface area contributed by atoms with Crippen LogP contribution >= 0.6 is 11.6 Å². The van der Waals surface area contributed by atoms with Crippen molar-refractivity contribution in [3.8, 4) is 0 Å². The van der Waals surface area contributed by atoms with Crippen LogP contribution in [0.15, 0.2) is 18.2 Å². The predicted octanol–water partition coefficient (Wildman–Crippen LogP) is 0.794. The summed E-state index contributed by atoms with van der Waals surface area (Å²) in [6.07, 6.45) is 0. The van der Waals surface area contributed by atoms with Crippen molar-refractivity contribution in [1.82, 2.24) is 9.79 Å². The lowest BCUT2D eigenvalue weighted by Gasteiger charge is -2.39. The molecule has 0 bridgehead atoms. The Morgan fingerprint density at radius 1 is 1.47 bits per heavy atom. The second-order valence-electron chi connectivity index (χ2n) is 4.12. The Morgan fingerprint density at radius 2 is 2.27 bits per heavy atom. The second kappa shape index (κ2) is 4.41. The Bertz CT molecular complexity index is 347. The number of aromatic nitrogens is 1. The van der Waals surface area contributed by atoms with Gasteiger partial charge in [0.2, 0.25) is 0 Å². The molecule has 1 aliphatic heterocycles. The molecule has 5 heteroatoms. The molecule has 15 heavy (non-hydrogen) atoms. The summed E-state index contributed by atoms with van der Waals surface area (Å²) in [6, 6.07) is 6.28. The van der Waals surface area contributed by atoms with Crippen molar-refractivity contribution in [3.63, 3.8) is 0 Å². The van der Waals surface area contributed by atoms with Crippen LogP contribution in [0.25, 0.3) is 0 Å². The number of anilines is 1. The molecular formula is C10H15BClN3. The smallest absolute Gasteiger partial charge is 0.185 e. The monoisotopic (exact) mass is 223 g/mol. The second-order valence-corrected chi connectivity index (χ2v) is 4.51. The number of hydrogen-bond acceptors (Lipinski definition) is 3. The van der Waals surface area contributed by atoms with Gasteiger partial charge < -0.3 is 9.71 Å². The molecule has 0 aromatic carbocycles. The van der Waals surface area contributed by atoms with Crippen LogP contribution in [-0.2, 0) is 0 Å². The van der Waals surface area contributed by atoms with Gasteiger partial charge in [-0.2, -0.15) is 0 Å². The van der Waals surface area contributed by atoms with Crippen molar-refractivity contribution >= 4 is 25.4 Å². The van der Waals surface area contributed by atoms with E-state index in [1.807, 2.05) is 18.2 Å². The van der Waals surface area contributed by atoms with Crippen molar-refractivity contribution in [2.24, 2.45) is 0 Å². The minimum atomic E-state index is 0.495. The molecule has 0 N–H and O–H groups in total. The largest absolute Gasteiger partial charge is 0.351 e. The average molecular weight is 224 g/mol. The highest BCUT2D eigenvalue weighted by Crippen LogP contribution is 2.19. The van der Waals surface area contributed by atoms with Crippen LogP contribution in [-0.4, -0.2) is 43.5 Å². The van der Waals surface area contributed by atoms with Gasteiger partial charge in [0, 0.05) is 25.7 Å². The molecule has 1 saturated heterocycles. The zero-order chi connectivity index (χ0) is 10.8. The van der Waals surface area contributed by atoms with Crippen LogP contribution in [0.3, 0.4) is 0 Å². The van der Waals surface area contributed by atoms with Crippen molar-refractivity contribution in [3.05, 3.63) is 23.4 Å². The summed E-state index contributed by atoms with van der Waals surface area (Å²) in [4.78, 5) is 9.00. The van der Waals surface area contributed by atoms with Gasteiger partial charge >= 0.3 is 0 Å². The number of pyridine rings is 1. The molecule has 2 heterocycles. The quantitative estimate of drug-likeness (QED) is 0.518. The van der Waals surface area contributed by atoms with Gasteiger partial charge in [-0.05, 0) is 19.1 Å². The van der Waals surface area contributed by atoms with Crippen LogP contribution in [0, 0.1) is 0 Å². The summed E-state index contributed by atoms with van der Waals surface area (Å²) in [5.74, 6) is 0.989. The Kier molecular flexibility index (Phi) is 3.17. The van der Waals surface area contributed by atoms with Gasteiger partial charge in [-0.1, -0.05) is 17.7 Å². The lowest BCUT2D eigenvalue weighted by molar-refractivity contribution is 0.360. The molecule has 0 aliphatic carbocycles. The third-order valence-corrected chi connectivity index (χ3v) is 3.04. The fourth-order valence-corrected chi connectivity index (χ4v) is 2.20. The van der Waals surface area contributed by atoms with Crippen molar-refractivity contribution in [1.29, 1.82) is 0 Å². The van der Waals surface area contributed by atoms with Crippen LogP contribution in [0.2, 0.25) is 5.15 Å². The van der Waals surface area contributed by atoms with E-state index in [4.69, 9.17) is 11.6 Å². The van der Waals surface area contributed by atoms with E-state index in [1.54, 1.807) is 0 Å². The molecule has 0 unspecified atom stereocenters. The Labute approximate surface area is 96.5 Å². The van der Waals surface area contributed by atoms with Crippen LogP contribution in [0.5, 0.6) is 0 Å². The van der Waals surface area contributed by atoms with Crippen LogP contribution in [0.1, 0.15) is 6.92 Å². The third kappa shape index (κ3) is 2.44. The first-order valence-electron chi connectivity index (χ1n) is 5.24. The molecule has 2 rings (SSSR count). The fraction of sp³-hybridized carbons (Fsp3) is 0.500. The molecule has 0 spiro atoms. The molecule has 80 valence electrons. The molecule has 0 radical (unpaired) electrons. The molecule has 1 atom stereocenters. The predicted molar refractivity (Wildman–Crippen MR) is 66.2 cm³/mol. The highest BCUT2D eigenvalue weighted by atomic mass is 35.5. The summed E-state index contributed by atoms with van der Waals surface area (Å²) in [6.45, 7) is 5.40. The van der Waals surface area contributed by atoms with Crippen LogP contribution in [0.4, 0.5) is 5.82 Å². The van der Waals surface area contributed by atoms with Gasteiger partial charge in [-0.15, -0.1) is 0 Å². The highest BCUT2D eigenvalue weighted by molar-refractivity contribution is 6.29. The maximum atomic E-state index is 5.89. The average Bonchev–Trinajstić information content (AvgIpc) is 2.17. The van der Waals surface area contributed by atoms with Gasteiger partial charge in [0.25, 0.3) is 0 Å². The van der Waals surface area contributed by atoms with Gasteiger partial charge in [-0.3, -0.25) is 0 Å². The number of halogens is 1. The minimum absolute atomic E-state index is 0.495. The first kappa shape index (κ1) is 10.8. The van der Waals surface area contributed by atoms with E-state index in [-0.39, 0.29) is 0 Å². The first-order valence-corrected chi connectivity index (χ1v) is 5.62. The molecular weight excluding hydrogens is 208 g/mol. The summed E-state index contributed by atoms with van der Waals surface area (Å²) in [5.41, 5.74) is 0. The third-order valence-electron chi connectivity index (χ3n) is 2.83. The molecule has 1 aliphatic rings. The molecule has 1 aromatic heterocycles. The van der Waals surface area contributed by atoms with Crippen molar-refractivity contribution in [2.75, 3.05) is 24.5 Å². The van der Waals surface area contributed by atoms with Crippen molar-refractivity contribution in [2.45, 2.75) is 13.0 Å². The van der Waals surface area contributed by atoms with Crippen molar-refractivity contribution < 1.29 is 0 Å². The Morgan fingerprint density at radius 3 is 2.93 bits per heavy atom. The maximum absolute atomic E-state index is 5.89. The lowest BCUT2D eigenvalue weighted by Crippen LogP contribution is -2.51. The van der Waals surface area contributed by atoms with E-state index in [2.05, 4.69) is 29.6 Å². The number of rotatable bonds is 1. The van der Waals surface area contributed by atoms with Gasteiger partial charge in [0.15, 0.2) is 7.98 Å². The van der Waals surface area contributed by atoms with E-state index >= 15 is 0 Å². The molecule has 0 saturated carbocycles. The topological polar surface area (TPSA) is 19.4 Å². The van der Waals surface area contributed by atoms with E-state index < -0.39 is 0 Å². The molecule has 1 fully saturated rings. The summed E-state index contributed by atoms with van der Waals surface area (Å²) in [5, 5.41) is 0.568. The number of hydrogen-bond donors (Lipinski definition) is 0. The Hall–Kier alpha value is -0.735. The lowest BCUT2D eigenvalue weighted by atomic mass is 10.1. The van der Waals surface area contributed by atoms with Gasteiger partial charge in [-0.25, -0.2) is 4.98 Å². The fourth-order valence-electron chi connectivity index (χ4n) is 2.04. The van der Waals surface area contributed by atoms with E-state index in [0.717, 1.165) is 25.5 Å². The Balaban J connectivity index is 2.17. The van der Waals surface area contributed by atoms with Gasteiger partial charge in [0.05, 0.1) is 0 Å². The van der Waals surface area contributed by atoms with Crippen LogP contribution < -0.4 is 4.90 Å². The maximum Gasteiger partial charge on any atom is 0.185 e. The number of piperazine rings is 1. The highest BCUT2D eigenvalue weighted by Gasteiger charge is 2.22. The summed E-state index contributed by atoms with van der Waals surface area (Å²) < 4.78 is 0. The zero-order valence-corrected chi connectivity index (χ0v) is 9.91. The SMILES string of the molecule is BN1CCN(c2cccc(Cl)n2)[C@@H](C)C1. The van der Waals surface area contributed by atoms with E-state index in [9.17, 15) is 0 Å². The molecule has 0 amide bonds. The standard InChI is InChI=1S/C10H15BClN3/c1-8-7-14(11)5-6-15(8)10-4-2-3-9(12)13-10/h2-4,8H,5-7,11H2,1H3/t8-/m0/s1. The molecule has 3 nitrogen and oxygen atoms in total. The number of nitrogens with zero attached hydrogens (tertiary/aromatic N) is 3.